The number of rotatable bonds is 7. The number of carbonyl (C=O) groups is 1. The summed E-state index contributed by atoms with van der Waals surface area (Å²) in [5.41, 5.74) is 4.09. The minimum atomic E-state index is -0.220. The molecule has 2 heterocycles. The Bertz CT molecular complexity index is 1050. The standard InChI is InChI=1S/C24H24N4O/c1-2-28-21-13-7-6-12-20(21)26-22(28)14-15-23(29)27-24(18-9-4-3-5-10-18)19-11-8-16-25-17-19/h3-13,16-17,24H,2,14-15H2,1H3,(H,27,29). The fourth-order valence-electron chi connectivity index (χ4n) is 3.68. The highest BCUT2D eigenvalue weighted by Gasteiger charge is 2.18. The van der Waals surface area contributed by atoms with Crippen molar-refractivity contribution < 1.29 is 4.79 Å². The number of amides is 1. The van der Waals surface area contributed by atoms with Gasteiger partial charge in [0.05, 0.1) is 17.1 Å². The number of hydrogen-bond acceptors (Lipinski definition) is 3. The minimum Gasteiger partial charge on any atom is -0.345 e. The van der Waals surface area contributed by atoms with Crippen molar-refractivity contribution in [2.75, 3.05) is 0 Å². The van der Waals surface area contributed by atoms with Crippen LogP contribution in [0.2, 0.25) is 0 Å². The summed E-state index contributed by atoms with van der Waals surface area (Å²) in [6.07, 6.45) is 4.52. The number of nitrogens with one attached hydrogen (secondary N) is 1. The topological polar surface area (TPSA) is 59.8 Å². The number of hydrogen-bond donors (Lipinski definition) is 1. The van der Waals surface area contributed by atoms with Crippen molar-refractivity contribution in [1.82, 2.24) is 19.9 Å². The molecule has 4 aromatic rings. The van der Waals surface area contributed by atoms with Gasteiger partial charge >= 0.3 is 0 Å². The van der Waals surface area contributed by atoms with Crippen LogP contribution in [0, 0.1) is 0 Å². The fraction of sp³-hybridized carbons (Fsp3) is 0.208. The van der Waals surface area contributed by atoms with E-state index in [1.54, 1.807) is 12.4 Å². The molecule has 0 saturated carbocycles. The second-order valence-electron chi connectivity index (χ2n) is 6.96. The summed E-state index contributed by atoms with van der Waals surface area (Å²) in [6, 6.07) is 21.7. The molecule has 0 radical (unpaired) electrons. The fourth-order valence-corrected chi connectivity index (χ4v) is 3.68. The first kappa shape index (κ1) is 18.9. The number of aromatic nitrogens is 3. The molecule has 4 rings (SSSR count). The highest BCUT2D eigenvalue weighted by molar-refractivity contribution is 5.78. The second-order valence-corrected chi connectivity index (χ2v) is 6.96. The number of nitrogens with zero attached hydrogens (tertiary/aromatic N) is 3. The van der Waals surface area contributed by atoms with Gasteiger partial charge in [0, 0.05) is 31.8 Å². The summed E-state index contributed by atoms with van der Waals surface area (Å²) in [5.74, 6) is 0.943. The van der Waals surface area contributed by atoms with Crippen LogP contribution in [-0.4, -0.2) is 20.4 Å². The molecule has 2 aromatic heterocycles. The maximum Gasteiger partial charge on any atom is 0.221 e. The van der Waals surface area contributed by atoms with Crippen molar-refractivity contribution in [2.24, 2.45) is 0 Å². The van der Waals surface area contributed by atoms with E-state index in [2.05, 4.69) is 27.9 Å². The summed E-state index contributed by atoms with van der Waals surface area (Å²) in [7, 11) is 0. The number of imidazole rings is 1. The van der Waals surface area contributed by atoms with Crippen LogP contribution in [0.1, 0.15) is 36.3 Å². The van der Waals surface area contributed by atoms with Crippen molar-refractivity contribution in [3.8, 4) is 0 Å². The van der Waals surface area contributed by atoms with Gasteiger partial charge in [0.1, 0.15) is 5.82 Å². The molecule has 1 unspecified atom stereocenters. The van der Waals surface area contributed by atoms with Gasteiger partial charge in [0.15, 0.2) is 0 Å². The lowest BCUT2D eigenvalue weighted by molar-refractivity contribution is -0.121. The number of fused-ring (bicyclic) bond motifs is 1. The van der Waals surface area contributed by atoms with Crippen LogP contribution in [0.3, 0.4) is 0 Å². The minimum absolute atomic E-state index is 0.00239. The zero-order chi connectivity index (χ0) is 20.1. The van der Waals surface area contributed by atoms with Crippen LogP contribution in [0.4, 0.5) is 0 Å². The summed E-state index contributed by atoms with van der Waals surface area (Å²) in [5, 5.41) is 3.18. The predicted octanol–water partition coefficient (Wildman–Crippen LogP) is 4.29. The molecule has 5 heteroatoms. The number of pyridine rings is 1. The summed E-state index contributed by atoms with van der Waals surface area (Å²) in [6.45, 7) is 2.94. The van der Waals surface area contributed by atoms with E-state index >= 15 is 0 Å². The highest BCUT2D eigenvalue weighted by atomic mass is 16.1. The maximum absolute atomic E-state index is 12.8. The van der Waals surface area contributed by atoms with E-state index in [1.165, 1.54) is 0 Å². The molecule has 1 atom stereocenters. The molecule has 5 nitrogen and oxygen atoms in total. The molecule has 1 N–H and O–H groups in total. The third-order valence-electron chi connectivity index (χ3n) is 5.08. The van der Waals surface area contributed by atoms with E-state index in [-0.39, 0.29) is 11.9 Å². The molecule has 146 valence electrons. The van der Waals surface area contributed by atoms with Crippen molar-refractivity contribution in [3.63, 3.8) is 0 Å². The third-order valence-corrected chi connectivity index (χ3v) is 5.08. The van der Waals surface area contributed by atoms with Crippen LogP contribution < -0.4 is 5.32 Å². The molecule has 0 aliphatic rings. The molecular weight excluding hydrogens is 360 g/mol. The van der Waals surface area contributed by atoms with Gasteiger partial charge in [0.25, 0.3) is 0 Å². The Hall–Kier alpha value is -3.47. The maximum atomic E-state index is 12.8. The Morgan fingerprint density at radius 2 is 1.76 bits per heavy atom. The first-order valence-electron chi connectivity index (χ1n) is 9.94. The second kappa shape index (κ2) is 8.69. The highest BCUT2D eigenvalue weighted by Crippen LogP contribution is 2.22. The monoisotopic (exact) mass is 384 g/mol. The first-order chi connectivity index (χ1) is 14.3. The van der Waals surface area contributed by atoms with E-state index in [0.717, 1.165) is 34.5 Å². The normalized spacial score (nSPS) is 12.0. The quantitative estimate of drug-likeness (QED) is 0.517. The van der Waals surface area contributed by atoms with Gasteiger partial charge in [-0.2, -0.15) is 0 Å². The average Bonchev–Trinajstić information content (AvgIpc) is 3.15. The van der Waals surface area contributed by atoms with E-state index < -0.39 is 0 Å². The molecule has 29 heavy (non-hydrogen) atoms. The van der Waals surface area contributed by atoms with Crippen molar-refractivity contribution in [3.05, 3.63) is 96.1 Å². The number of aryl methyl sites for hydroxylation is 2. The van der Waals surface area contributed by atoms with E-state index in [4.69, 9.17) is 4.98 Å². The van der Waals surface area contributed by atoms with Crippen LogP contribution in [0.25, 0.3) is 11.0 Å². The van der Waals surface area contributed by atoms with Gasteiger partial charge in [-0.3, -0.25) is 9.78 Å². The Morgan fingerprint density at radius 1 is 1.00 bits per heavy atom. The molecule has 1 amide bonds. The third kappa shape index (κ3) is 4.19. The molecule has 0 fully saturated rings. The van der Waals surface area contributed by atoms with E-state index in [1.807, 2.05) is 60.7 Å². The number of para-hydroxylation sites is 2. The Morgan fingerprint density at radius 3 is 2.52 bits per heavy atom. The smallest absolute Gasteiger partial charge is 0.221 e. The van der Waals surface area contributed by atoms with Gasteiger partial charge in [-0.05, 0) is 36.2 Å². The summed E-state index contributed by atoms with van der Waals surface area (Å²) in [4.78, 5) is 21.8. The van der Waals surface area contributed by atoms with Crippen LogP contribution in [-0.2, 0) is 17.8 Å². The zero-order valence-electron chi connectivity index (χ0n) is 16.5. The Labute approximate surface area is 170 Å². The van der Waals surface area contributed by atoms with Gasteiger partial charge in [-0.25, -0.2) is 4.98 Å². The van der Waals surface area contributed by atoms with Crippen LogP contribution in [0.5, 0.6) is 0 Å². The molecule has 0 aliphatic heterocycles. The van der Waals surface area contributed by atoms with Gasteiger partial charge < -0.3 is 9.88 Å². The molecular formula is C24H24N4O. The van der Waals surface area contributed by atoms with Crippen molar-refractivity contribution in [1.29, 1.82) is 0 Å². The van der Waals surface area contributed by atoms with E-state index in [0.29, 0.717) is 12.8 Å². The largest absolute Gasteiger partial charge is 0.345 e. The summed E-state index contributed by atoms with van der Waals surface area (Å²) < 4.78 is 2.18. The molecule has 0 saturated heterocycles. The zero-order valence-corrected chi connectivity index (χ0v) is 16.5. The molecule has 0 spiro atoms. The molecule has 0 aliphatic carbocycles. The van der Waals surface area contributed by atoms with Crippen molar-refractivity contribution in [2.45, 2.75) is 32.4 Å². The first-order valence-corrected chi connectivity index (χ1v) is 9.94. The predicted molar refractivity (Wildman–Crippen MR) is 114 cm³/mol. The van der Waals surface area contributed by atoms with Crippen LogP contribution >= 0.6 is 0 Å². The summed E-state index contributed by atoms with van der Waals surface area (Å²) >= 11 is 0. The van der Waals surface area contributed by atoms with Gasteiger partial charge in [-0.1, -0.05) is 48.5 Å². The lowest BCUT2D eigenvalue weighted by Gasteiger charge is -2.19. The van der Waals surface area contributed by atoms with Crippen LogP contribution in [0.15, 0.2) is 79.1 Å². The van der Waals surface area contributed by atoms with E-state index in [9.17, 15) is 4.79 Å². The number of benzene rings is 2. The Balaban J connectivity index is 1.51. The lowest BCUT2D eigenvalue weighted by atomic mass is 10.00. The van der Waals surface area contributed by atoms with Gasteiger partial charge in [0.2, 0.25) is 5.91 Å². The SMILES string of the molecule is CCn1c(CCC(=O)NC(c2ccccc2)c2cccnc2)nc2ccccc21. The number of carbonyl (C=O) groups excluding carboxylic acids is 1. The average molecular weight is 384 g/mol. The molecule has 0 bridgehead atoms. The van der Waals surface area contributed by atoms with Gasteiger partial charge in [-0.15, -0.1) is 0 Å². The molecule has 2 aromatic carbocycles. The lowest BCUT2D eigenvalue weighted by Crippen LogP contribution is -2.29. The van der Waals surface area contributed by atoms with Crippen molar-refractivity contribution >= 4 is 16.9 Å². The Kier molecular flexibility index (Phi) is 5.66.